The van der Waals surface area contributed by atoms with Crippen LogP contribution in [0.4, 0.5) is 28.4 Å². The summed E-state index contributed by atoms with van der Waals surface area (Å²) in [5.41, 5.74) is 31.6. The minimum atomic E-state index is -0.191. The van der Waals surface area contributed by atoms with Crippen molar-refractivity contribution in [3.8, 4) is 55.6 Å². The van der Waals surface area contributed by atoms with Crippen LogP contribution in [0.15, 0.2) is 181 Å². The van der Waals surface area contributed by atoms with Crippen LogP contribution in [0.1, 0.15) is 44.5 Å². The summed E-state index contributed by atoms with van der Waals surface area (Å²) >= 11 is 0. The molecule has 3 heterocycles. The highest BCUT2D eigenvalue weighted by Crippen LogP contribution is 2.51. The molecule has 0 amide bonds. The molecule has 0 radical (unpaired) electrons. The molecular weight excluding hydrogens is 824 g/mol. The van der Waals surface area contributed by atoms with Crippen LogP contribution in [0.5, 0.6) is 0 Å². The van der Waals surface area contributed by atoms with Gasteiger partial charge >= 0.3 is 6.85 Å². The van der Waals surface area contributed by atoms with E-state index in [-0.39, 0.29) is 6.85 Å². The lowest BCUT2D eigenvalue weighted by atomic mass is 9.43. The molecule has 0 bridgehead atoms. The molecule has 3 nitrogen and oxygen atoms in total. The maximum Gasteiger partial charge on any atom is 0.333 e. The van der Waals surface area contributed by atoms with Crippen molar-refractivity contribution in [2.24, 2.45) is 0 Å². The number of aryl methyl sites for hydroxylation is 8. The van der Waals surface area contributed by atoms with Crippen molar-refractivity contribution in [3.63, 3.8) is 0 Å². The topological polar surface area (TPSA) is 19.6 Å². The second kappa shape index (κ2) is 15.9. The summed E-state index contributed by atoms with van der Waals surface area (Å²) in [6, 6.07) is 63.8. The monoisotopic (exact) mass is 876 g/mol. The Labute approximate surface area is 401 Å². The molecule has 9 aromatic carbocycles. The Hall–Kier alpha value is -7.82. The third-order valence-electron chi connectivity index (χ3n) is 15.0. The molecule has 0 fully saturated rings. The highest BCUT2D eigenvalue weighted by atomic mass is 16.3. The second-order valence-corrected chi connectivity index (χ2v) is 19.3. The normalized spacial score (nSPS) is 12.6. The van der Waals surface area contributed by atoms with E-state index >= 15 is 0 Å². The highest BCUT2D eigenvalue weighted by Gasteiger charge is 2.46. The van der Waals surface area contributed by atoms with E-state index in [2.05, 4.69) is 235 Å². The van der Waals surface area contributed by atoms with Gasteiger partial charge in [-0.3, -0.25) is 0 Å². The Kier molecular flexibility index (Phi) is 9.74. The first-order chi connectivity index (χ1) is 33.0. The lowest BCUT2D eigenvalue weighted by molar-refractivity contribution is 0.617. The third-order valence-corrected chi connectivity index (χ3v) is 15.0. The van der Waals surface area contributed by atoms with Gasteiger partial charge in [0.2, 0.25) is 0 Å². The minimum absolute atomic E-state index is 0.191. The molecule has 0 spiro atoms. The number of nitrogens with zero attached hydrogens (tertiary/aromatic N) is 2. The predicted octanol–water partition coefficient (Wildman–Crippen LogP) is 16.3. The fraction of sp³-hybridized carbons (Fsp3) is 0.125. The van der Waals surface area contributed by atoms with Crippen LogP contribution in [0.3, 0.4) is 0 Å². The molecule has 0 N–H and O–H groups in total. The van der Waals surface area contributed by atoms with Crippen molar-refractivity contribution < 1.29 is 4.42 Å². The van der Waals surface area contributed by atoms with Crippen LogP contribution in [0.2, 0.25) is 0 Å². The van der Waals surface area contributed by atoms with E-state index in [1.54, 1.807) is 0 Å². The van der Waals surface area contributed by atoms with Crippen molar-refractivity contribution in [2.75, 3.05) is 9.71 Å². The van der Waals surface area contributed by atoms with Crippen LogP contribution < -0.4 is 20.6 Å². The molecule has 2 aliphatic heterocycles. The Bertz CT molecular complexity index is 3590. The number of benzene rings is 9. The summed E-state index contributed by atoms with van der Waals surface area (Å²) in [6.07, 6.45) is 1.87. The van der Waals surface area contributed by atoms with Crippen LogP contribution in [0, 0.1) is 55.4 Å². The number of furan rings is 1. The lowest BCUT2D eigenvalue weighted by Gasteiger charge is -2.46. The summed E-state index contributed by atoms with van der Waals surface area (Å²) in [4.78, 5) is 5.14. The molecule has 0 aliphatic carbocycles. The molecule has 328 valence electrons. The first-order valence-electron chi connectivity index (χ1n) is 23.9. The standard InChI is InChI=1S/C64H53BN2O/c1-38-13-9-14-39(2)58(38)46-21-27-51(28-22-46)66-56-32-26-49(61-44(7)19-12-20-45(61)8)36-54(56)65-63-57(66)37-50-33-34-68-64(50)62(63)53-35-48(60-42(5)17-11-18-43(60)6)25-31-55(53)67(65)52-29-23-47(24-30-52)59-40(3)15-10-16-41(59)4/h9-37H,1-8H3. The van der Waals surface area contributed by atoms with Crippen molar-refractivity contribution in [1.82, 2.24) is 0 Å². The first kappa shape index (κ1) is 41.6. The van der Waals surface area contributed by atoms with E-state index in [1.165, 1.54) is 106 Å². The van der Waals surface area contributed by atoms with E-state index in [1.807, 2.05) is 6.26 Å². The van der Waals surface area contributed by atoms with Gasteiger partial charge in [-0.15, -0.1) is 0 Å². The molecular formula is C64H53BN2O. The summed E-state index contributed by atoms with van der Waals surface area (Å²) in [7, 11) is 0. The number of anilines is 5. The average Bonchev–Trinajstić information content (AvgIpc) is 3.81. The molecule has 4 heteroatoms. The molecule has 0 atom stereocenters. The molecule has 68 heavy (non-hydrogen) atoms. The molecule has 10 aromatic rings. The van der Waals surface area contributed by atoms with Gasteiger partial charge in [0.05, 0.1) is 6.26 Å². The van der Waals surface area contributed by atoms with Crippen molar-refractivity contribution in [2.45, 2.75) is 55.4 Å². The van der Waals surface area contributed by atoms with Crippen LogP contribution in [-0.2, 0) is 0 Å². The molecule has 0 unspecified atom stereocenters. The fourth-order valence-electron chi connectivity index (χ4n) is 12.0. The van der Waals surface area contributed by atoms with Gasteiger partial charge in [-0.05, 0) is 210 Å². The summed E-state index contributed by atoms with van der Waals surface area (Å²) in [5.74, 6) is 0. The van der Waals surface area contributed by atoms with E-state index in [0.29, 0.717) is 0 Å². The Morgan fingerprint density at radius 3 is 1.29 bits per heavy atom. The quantitative estimate of drug-likeness (QED) is 0.155. The number of fused-ring (bicyclic) bond motifs is 6. The molecule has 2 aliphatic rings. The lowest BCUT2D eigenvalue weighted by Crippen LogP contribution is -2.61. The van der Waals surface area contributed by atoms with Crippen molar-refractivity contribution in [3.05, 3.63) is 221 Å². The Morgan fingerprint density at radius 2 is 0.794 bits per heavy atom. The molecule has 0 saturated heterocycles. The van der Waals surface area contributed by atoms with E-state index in [0.717, 1.165) is 44.8 Å². The van der Waals surface area contributed by atoms with Gasteiger partial charge in [0.25, 0.3) is 0 Å². The number of hydrogen-bond acceptors (Lipinski definition) is 3. The Morgan fingerprint density at radius 1 is 0.368 bits per heavy atom. The largest absolute Gasteiger partial charge is 0.464 e. The predicted molar refractivity (Wildman–Crippen MR) is 290 cm³/mol. The van der Waals surface area contributed by atoms with Crippen LogP contribution in [-0.4, -0.2) is 6.85 Å². The van der Waals surface area contributed by atoms with Gasteiger partial charge in [-0.1, -0.05) is 115 Å². The van der Waals surface area contributed by atoms with Crippen molar-refractivity contribution >= 4 is 57.2 Å². The molecule has 1 aromatic heterocycles. The van der Waals surface area contributed by atoms with E-state index in [4.69, 9.17) is 4.42 Å². The molecule has 12 rings (SSSR count). The zero-order valence-electron chi connectivity index (χ0n) is 40.1. The van der Waals surface area contributed by atoms with Crippen molar-refractivity contribution in [1.29, 1.82) is 0 Å². The van der Waals surface area contributed by atoms with Gasteiger partial charge < -0.3 is 14.1 Å². The second-order valence-electron chi connectivity index (χ2n) is 19.3. The van der Waals surface area contributed by atoms with Gasteiger partial charge in [0.1, 0.15) is 5.58 Å². The smallest absolute Gasteiger partial charge is 0.333 e. The third kappa shape index (κ3) is 6.42. The maximum atomic E-state index is 6.67. The van der Waals surface area contributed by atoms with Gasteiger partial charge in [-0.2, -0.15) is 0 Å². The summed E-state index contributed by atoms with van der Waals surface area (Å²) in [5, 5.41) is 1.08. The van der Waals surface area contributed by atoms with Gasteiger partial charge in [0, 0.05) is 45.0 Å². The van der Waals surface area contributed by atoms with Crippen LogP contribution >= 0.6 is 0 Å². The summed E-state index contributed by atoms with van der Waals surface area (Å²) in [6.45, 7) is 17.6. The minimum Gasteiger partial charge on any atom is -0.464 e. The first-order valence-corrected chi connectivity index (χ1v) is 23.9. The number of hydrogen-bond donors (Lipinski definition) is 0. The fourth-order valence-corrected chi connectivity index (χ4v) is 12.0. The Balaban J connectivity index is 1.16. The van der Waals surface area contributed by atoms with Gasteiger partial charge in [-0.25, -0.2) is 0 Å². The number of rotatable bonds is 6. The average molecular weight is 877 g/mol. The maximum absolute atomic E-state index is 6.67. The van der Waals surface area contributed by atoms with E-state index < -0.39 is 0 Å². The van der Waals surface area contributed by atoms with Gasteiger partial charge in [0.15, 0.2) is 0 Å². The zero-order valence-corrected chi connectivity index (χ0v) is 40.1. The summed E-state index contributed by atoms with van der Waals surface area (Å²) < 4.78 is 6.67. The van der Waals surface area contributed by atoms with E-state index in [9.17, 15) is 0 Å². The highest BCUT2D eigenvalue weighted by molar-refractivity contribution is 6.94. The SMILES string of the molecule is Cc1cccc(C)c1-c1ccc(N2B3c4cc(-c5c(C)cccc5C)ccc4N(c4ccc(-c5c(C)cccc5C)cc4)c4cc5ccoc5c(c43)-c3cc(-c4c(C)cccc4C)ccc32)cc1. The molecule has 0 saturated carbocycles. The van der Waals surface area contributed by atoms with Crippen LogP contribution in [0.25, 0.3) is 66.6 Å². The zero-order chi connectivity index (χ0) is 46.5.